The molecule has 8 rings (SSSR count). The maximum absolute atomic E-state index is 15.3. The van der Waals surface area contributed by atoms with Crippen molar-refractivity contribution >= 4 is 29.2 Å². The zero-order chi connectivity index (χ0) is 40.3. The minimum atomic E-state index is -4.57. The van der Waals surface area contributed by atoms with Gasteiger partial charge in [-0.25, -0.2) is 28.5 Å². The highest BCUT2D eigenvalue weighted by Gasteiger charge is 2.52. The quantitative estimate of drug-likeness (QED) is 0.167. The first-order valence-electron chi connectivity index (χ1n) is 17.8. The van der Waals surface area contributed by atoms with Crippen molar-refractivity contribution < 1.29 is 40.9 Å². The summed E-state index contributed by atoms with van der Waals surface area (Å²) in [7, 11) is 0. The molecule has 3 aromatic heterocycles. The largest absolute Gasteiger partial charge is 0.401 e. The number of nitrogens with zero attached hydrogens (tertiary/aromatic N) is 8. The number of aromatic nitrogens is 6. The van der Waals surface area contributed by atoms with Crippen molar-refractivity contribution in [2.45, 2.75) is 44.9 Å². The van der Waals surface area contributed by atoms with E-state index in [1.54, 1.807) is 18.2 Å². The van der Waals surface area contributed by atoms with Crippen LogP contribution in [0.5, 0.6) is 0 Å². The second-order valence-electron chi connectivity index (χ2n) is 15.0. The molecule has 3 aliphatic heterocycles. The van der Waals surface area contributed by atoms with E-state index in [1.807, 2.05) is 6.07 Å². The number of likely N-dealkylation sites (tertiary alicyclic amines) is 1. The van der Waals surface area contributed by atoms with Crippen LogP contribution in [0, 0.1) is 17.0 Å². The number of benzene rings is 2. The van der Waals surface area contributed by atoms with Crippen molar-refractivity contribution in [3.8, 4) is 22.6 Å². The van der Waals surface area contributed by atoms with Gasteiger partial charge < -0.3 is 14.7 Å². The SMILES string of the molecule is CC(C)(c1n[nH]c(CNC(=O)c2cc(-c3ncc(-c4ccc(CN5CC6(C5)CN(c5ccc(N7CCC(=O)NC7=O)c(F)c5)C6)cc4F)cn3)no2)n1)C(F)(F)F. The summed E-state index contributed by atoms with van der Waals surface area (Å²) < 4.78 is 75.3. The first kappa shape index (κ1) is 37.6. The third kappa shape index (κ3) is 7.27. The van der Waals surface area contributed by atoms with Gasteiger partial charge in [-0.2, -0.15) is 18.3 Å². The molecule has 3 fully saturated rings. The molecule has 4 amide bonds. The minimum Gasteiger partial charge on any atom is -0.370 e. The maximum Gasteiger partial charge on any atom is 0.401 e. The fraction of sp³-hybridized carbons (Fsp3) is 0.351. The smallest absolute Gasteiger partial charge is 0.370 e. The average molecular weight is 792 g/mol. The summed E-state index contributed by atoms with van der Waals surface area (Å²) in [6.45, 7) is 5.43. The Morgan fingerprint density at radius 3 is 2.42 bits per heavy atom. The molecule has 15 nitrogen and oxygen atoms in total. The summed E-state index contributed by atoms with van der Waals surface area (Å²) in [5.41, 5.74) is 0.258. The number of rotatable bonds is 10. The lowest BCUT2D eigenvalue weighted by molar-refractivity contribution is -0.182. The molecule has 5 aromatic rings. The van der Waals surface area contributed by atoms with Crippen LogP contribution >= 0.6 is 0 Å². The zero-order valence-corrected chi connectivity index (χ0v) is 30.5. The molecule has 3 saturated heterocycles. The zero-order valence-electron chi connectivity index (χ0n) is 30.5. The molecule has 3 aliphatic rings. The second-order valence-corrected chi connectivity index (χ2v) is 15.0. The standard InChI is InChI=1S/C37H34F5N11O4/c1-35(2,37(40,41)42)33-46-29(48-49-33)14-45-32(55)28-11-26(50-57-28)31-43-12-21(13-44-31)23-5-3-20(9-24(23)38)15-51-16-36(17-51)18-52(19-36)22-4-6-27(25(39)10-22)53-8-7-30(54)47-34(53)56/h3-6,9-13H,7-8,14-19H2,1-2H3,(H,45,55)(H,46,48,49)(H,47,54,56). The Hall–Kier alpha value is -6.31. The van der Waals surface area contributed by atoms with Crippen molar-refractivity contribution in [3.05, 3.63) is 89.5 Å². The summed E-state index contributed by atoms with van der Waals surface area (Å²) in [5.74, 6) is -2.62. The molecule has 0 aliphatic carbocycles. The Morgan fingerprint density at radius 1 is 0.982 bits per heavy atom. The molecule has 57 heavy (non-hydrogen) atoms. The number of amides is 4. The van der Waals surface area contributed by atoms with Crippen LogP contribution in [0.3, 0.4) is 0 Å². The molecule has 0 bridgehead atoms. The number of urea groups is 1. The van der Waals surface area contributed by atoms with E-state index < -0.39 is 41.0 Å². The van der Waals surface area contributed by atoms with Gasteiger partial charge in [-0.05, 0) is 43.7 Å². The van der Waals surface area contributed by atoms with Crippen molar-refractivity contribution in [2.75, 3.05) is 42.5 Å². The van der Waals surface area contributed by atoms with E-state index in [2.05, 4.69) is 50.7 Å². The summed E-state index contributed by atoms with van der Waals surface area (Å²) >= 11 is 0. The van der Waals surface area contributed by atoms with Crippen LogP contribution in [0.2, 0.25) is 0 Å². The monoisotopic (exact) mass is 791 g/mol. The van der Waals surface area contributed by atoms with E-state index in [9.17, 15) is 31.9 Å². The number of H-pyrrole nitrogens is 1. The molecule has 0 radical (unpaired) electrons. The van der Waals surface area contributed by atoms with Gasteiger partial charge in [-0.3, -0.25) is 29.8 Å². The van der Waals surface area contributed by atoms with Crippen LogP contribution in [0.4, 0.5) is 38.1 Å². The van der Waals surface area contributed by atoms with Crippen LogP contribution in [0.15, 0.2) is 59.4 Å². The summed E-state index contributed by atoms with van der Waals surface area (Å²) in [6.07, 6.45) is -1.62. The van der Waals surface area contributed by atoms with Gasteiger partial charge in [0.25, 0.3) is 5.91 Å². The van der Waals surface area contributed by atoms with Crippen LogP contribution in [0.1, 0.15) is 48.0 Å². The van der Waals surface area contributed by atoms with Gasteiger partial charge in [0.05, 0.1) is 12.2 Å². The fourth-order valence-corrected chi connectivity index (χ4v) is 7.13. The molecule has 1 spiro atoms. The van der Waals surface area contributed by atoms with Crippen LogP contribution in [0.25, 0.3) is 22.6 Å². The molecule has 0 unspecified atom stereocenters. The average Bonchev–Trinajstić information content (AvgIpc) is 3.83. The number of nitrogens with one attached hydrogen (secondary N) is 3. The molecule has 2 aromatic carbocycles. The van der Waals surface area contributed by atoms with Crippen LogP contribution in [-0.2, 0) is 23.3 Å². The summed E-state index contributed by atoms with van der Waals surface area (Å²) in [4.78, 5) is 54.1. The molecule has 6 heterocycles. The Morgan fingerprint density at radius 2 is 1.74 bits per heavy atom. The predicted octanol–water partition coefficient (Wildman–Crippen LogP) is 4.73. The van der Waals surface area contributed by atoms with E-state index >= 15 is 4.39 Å². The van der Waals surface area contributed by atoms with Gasteiger partial charge in [0.2, 0.25) is 11.7 Å². The number of carbonyl (C=O) groups excluding carboxylic acids is 3. The molecular weight excluding hydrogens is 757 g/mol. The molecular formula is C37H34F5N11O4. The molecule has 296 valence electrons. The van der Waals surface area contributed by atoms with Gasteiger partial charge in [-0.1, -0.05) is 17.3 Å². The number of imide groups is 1. The molecule has 0 atom stereocenters. The Labute approximate surface area is 320 Å². The highest BCUT2D eigenvalue weighted by molar-refractivity contribution is 6.05. The summed E-state index contributed by atoms with van der Waals surface area (Å²) in [6, 6.07) is 10.4. The number of hydrogen-bond donors (Lipinski definition) is 3. The van der Waals surface area contributed by atoms with Gasteiger partial charge in [0.15, 0.2) is 17.3 Å². The Bertz CT molecular complexity index is 2370. The van der Waals surface area contributed by atoms with Gasteiger partial charge >= 0.3 is 12.2 Å². The highest BCUT2D eigenvalue weighted by atomic mass is 19.4. The number of aromatic amines is 1. The van der Waals surface area contributed by atoms with Gasteiger partial charge in [0.1, 0.15) is 22.9 Å². The van der Waals surface area contributed by atoms with Crippen LogP contribution in [-0.4, -0.2) is 92.0 Å². The van der Waals surface area contributed by atoms with E-state index in [1.165, 1.54) is 35.5 Å². The minimum absolute atomic E-state index is 0.0121. The molecule has 3 N–H and O–H groups in total. The number of halogens is 5. The Balaban J connectivity index is 0.814. The van der Waals surface area contributed by atoms with Gasteiger partial charge in [-0.15, -0.1) is 0 Å². The van der Waals surface area contributed by atoms with Crippen LogP contribution < -0.4 is 20.4 Å². The first-order chi connectivity index (χ1) is 27.1. The normalized spacial score (nSPS) is 17.0. The topological polar surface area (TPSA) is 178 Å². The first-order valence-corrected chi connectivity index (χ1v) is 17.8. The van der Waals surface area contributed by atoms with E-state index in [-0.39, 0.29) is 59.6 Å². The van der Waals surface area contributed by atoms with Crippen molar-refractivity contribution in [1.82, 2.24) is 45.8 Å². The lowest BCUT2D eigenvalue weighted by Crippen LogP contribution is -2.71. The summed E-state index contributed by atoms with van der Waals surface area (Å²) in [5, 5.41) is 14.5. The number of carbonyl (C=O) groups is 3. The number of alkyl halides is 3. The van der Waals surface area contributed by atoms with E-state index in [0.717, 1.165) is 51.3 Å². The maximum atomic E-state index is 15.3. The predicted molar refractivity (Wildman–Crippen MR) is 191 cm³/mol. The second kappa shape index (κ2) is 14.0. The lowest BCUT2D eigenvalue weighted by atomic mass is 9.72. The van der Waals surface area contributed by atoms with Crippen molar-refractivity contribution in [3.63, 3.8) is 0 Å². The number of hydrogen-bond acceptors (Lipinski definition) is 11. The van der Waals surface area contributed by atoms with Crippen molar-refractivity contribution in [1.29, 1.82) is 0 Å². The third-order valence-electron chi connectivity index (χ3n) is 10.4. The molecule has 20 heteroatoms. The number of anilines is 2. The highest BCUT2D eigenvalue weighted by Crippen LogP contribution is 2.43. The molecule has 0 saturated carbocycles. The van der Waals surface area contributed by atoms with Crippen molar-refractivity contribution in [2.24, 2.45) is 5.41 Å². The van der Waals surface area contributed by atoms with Gasteiger partial charge in [0, 0.05) is 86.4 Å². The third-order valence-corrected chi connectivity index (χ3v) is 10.4. The van der Waals surface area contributed by atoms with E-state index in [0.29, 0.717) is 17.7 Å². The fourth-order valence-electron chi connectivity index (χ4n) is 7.13. The van der Waals surface area contributed by atoms with E-state index in [4.69, 9.17) is 4.52 Å². The lowest BCUT2D eigenvalue weighted by Gasteiger charge is -2.61. The Kier molecular flexibility index (Phi) is 9.24.